The third-order valence-corrected chi connectivity index (χ3v) is 3.46. The average Bonchev–Trinajstić information content (AvgIpc) is 2.25. The summed E-state index contributed by atoms with van der Waals surface area (Å²) in [6, 6.07) is 8.67. The van der Waals surface area contributed by atoms with E-state index in [1.165, 1.54) is 24.0 Å². The van der Waals surface area contributed by atoms with E-state index in [1.54, 1.807) is 0 Å². The monoisotopic (exact) mass is 265 g/mol. The molecule has 0 heterocycles. The number of rotatable bonds is 1. The van der Waals surface area contributed by atoms with Gasteiger partial charge >= 0.3 is 0 Å². The minimum atomic E-state index is 0.280. The maximum absolute atomic E-state index is 6.08. The smallest absolute Gasteiger partial charge is 0.0256 e. The third-order valence-electron chi connectivity index (χ3n) is 2.93. The molecule has 0 bridgehead atoms. The summed E-state index contributed by atoms with van der Waals surface area (Å²) in [6.07, 6.45) is 7.12. The van der Waals surface area contributed by atoms with Crippen molar-refractivity contribution >= 4 is 22.0 Å². The van der Waals surface area contributed by atoms with Crippen molar-refractivity contribution in [1.82, 2.24) is 0 Å². The number of benzene rings is 1. The van der Waals surface area contributed by atoms with Gasteiger partial charge in [-0.3, -0.25) is 0 Å². The Hall–Kier alpha value is -0.600. The highest BCUT2D eigenvalue weighted by atomic mass is 79.9. The normalized spacial score (nSPS) is 24.4. The zero-order valence-electron chi connectivity index (χ0n) is 8.75. The number of halogens is 1. The summed E-state index contributed by atoms with van der Waals surface area (Å²) in [5.41, 5.74) is 8.74. The first-order chi connectivity index (χ1) is 7.25. The lowest BCUT2D eigenvalue weighted by Gasteiger charge is -2.21. The molecule has 1 unspecified atom stereocenters. The van der Waals surface area contributed by atoms with E-state index >= 15 is 0 Å². The molecular weight excluding hydrogens is 250 g/mol. The van der Waals surface area contributed by atoms with Gasteiger partial charge in [0.05, 0.1) is 0 Å². The molecule has 1 aliphatic carbocycles. The Bertz CT molecular complexity index is 353. The van der Waals surface area contributed by atoms with Gasteiger partial charge in [0, 0.05) is 10.5 Å². The molecule has 1 atom stereocenters. The molecule has 0 amide bonds. The summed E-state index contributed by atoms with van der Waals surface area (Å²) in [7, 11) is 0. The fourth-order valence-corrected chi connectivity index (χ4v) is 2.28. The molecule has 0 spiro atoms. The van der Waals surface area contributed by atoms with Crippen molar-refractivity contribution in [3.63, 3.8) is 0 Å². The quantitative estimate of drug-likeness (QED) is 0.823. The van der Waals surface area contributed by atoms with Crippen molar-refractivity contribution in [3.8, 4) is 0 Å². The Labute approximate surface area is 99.5 Å². The van der Waals surface area contributed by atoms with Crippen LogP contribution >= 0.6 is 15.9 Å². The lowest BCUT2D eigenvalue weighted by molar-refractivity contribution is 0.540. The molecule has 1 fully saturated rings. The second-order valence-electron chi connectivity index (χ2n) is 4.12. The maximum Gasteiger partial charge on any atom is 0.0256 e. The molecule has 2 heteroatoms. The number of hydrogen-bond acceptors (Lipinski definition) is 1. The van der Waals surface area contributed by atoms with Crippen LogP contribution in [-0.4, -0.2) is 6.04 Å². The number of hydrogen-bond donors (Lipinski definition) is 1. The number of nitrogens with two attached hydrogens (primary N) is 1. The van der Waals surface area contributed by atoms with E-state index in [1.807, 2.05) is 0 Å². The van der Waals surface area contributed by atoms with Gasteiger partial charge in [-0.25, -0.2) is 0 Å². The molecule has 15 heavy (non-hydrogen) atoms. The first-order valence-electron chi connectivity index (χ1n) is 5.47. The summed E-state index contributed by atoms with van der Waals surface area (Å²) in [5.74, 6) is 0. The first-order valence-corrected chi connectivity index (χ1v) is 6.26. The second kappa shape index (κ2) is 4.95. The molecule has 2 rings (SSSR count). The maximum atomic E-state index is 6.08. The average molecular weight is 266 g/mol. The van der Waals surface area contributed by atoms with Crippen LogP contribution in [0.2, 0.25) is 0 Å². The highest BCUT2D eigenvalue weighted by Crippen LogP contribution is 2.24. The molecular formula is C13H16BrN. The Morgan fingerprint density at radius 2 is 1.93 bits per heavy atom. The fourth-order valence-electron chi connectivity index (χ4n) is 2.02. The van der Waals surface area contributed by atoms with E-state index in [4.69, 9.17) is 5.73 Å². The molecule has 1 nitrogen and oxygen atoms in total. The Morgan fingerprint density at radius 3 is 2.60 bits per heavy atom. The molecule has 1 aromatic rings. The van der Waals surface area contributed by atoms with E-state index in [-0.39, 0.29) is 6.04 Å². The van der Waals surface area contributed by atoms with Gasteiger partial charge in [0.1, 0.15) is 0 Å². The topological polar surface area (TPSA) is 26.0 Å². The highest BCUT2D eigenvalue weighted by molar-refractivity contribution is 9.10. The molecule has 1 aromatic carbocycles. The highest BCUT2D eigenvalue weighted by Gasteiger charge is 2.13. The molecule has 0 aromatic heterocycles. The van der Waals surface area contributed by atoms with E-state index in [0.717, 1.165) is 17.3 Å². The summed E-state index contributed by atoms with van der Waals surface area (Å²) in [4.78, 5) is 0. The van der Waals surface area contributed by atoms with Crippen LogP contribution in [0.1, 0.15) is 31.2 Å². The molecule has 1 saturated carbocycles. The zero-order valence-corrected chi connectivity index (χ0v) is 10.3. The van der Waals surface area contributed by atoms with Gasteiger partial charge in [0.25, 0.3) is 0 Å². The molecule has 0 aliphatic heterocycles. The Kier molecular flexibility index (Phi) is 3.60. The Balaban J connectivity index is 2.17. The molecule has 0 saturated heterocycles. The third kappa shape index (κ3) is 2.93. The van der Waals surface area contributed by atoms with Gasteiger partial charge in [-0.15, -0.1) is 0 Å². The minimum Gasteiger partial charge on any atom is -0.324 e. The van der Waals surface area contributed by atoms with Crippen LogP contribution in [0, 0.1) is 0 Å². The van der Waals surface area contributed by atoms with E-state index in [0.29, 0.717) is 0 Å². The van der Waals surface area contributed by atoms with E-state index in [9.17, 15) is 0 Å². The zero-order chi connectivity index (χ0) is 10.7. The summed E-state index contributed by atoms with van der Waals surface area (Å²) in [6.45, 7) is 0. The first kappa shape index (κ1) is 10.9. The summed E-state index contributed by atoms with van der Waals surface area (Å²) >= 11 is 3.44. The van der Waals surface area contributed by atoms with Crippen LogP contribution in [0.3, 0.4) is 0 Å². The molecule has 2 N–H and O–H groups in total. The van der Waals surface area contributed by atoms with Gasteiger partial charge in [-0.05, 0) is 37.0 Å². The predicted molar refractivity (Wildman–Crippen MR) is 68.6 cm³/mol. The Morgan fingerprint density at radius 1 is 1.20 bits per heavy atom. The van der Waals surface area contributed by atoms with Gasteiger partial charge in [-0.1, -0.05) is 46.1 Å². The molecule has 0 radical (unpaired) electrons. The van der Waals surface area contributed by atoms with Crippen molar-refractivity contribution in [2.75, 3.05) is 0 Å². The van der Waals surface area contributed by atoms with Crippen LogP contribution < -0.4 is 5.73 Å². The van der Waals surface area contributed by atoms with Crippen LogP contribution in [0.4, 0.5) is 0 Å². The fraction of sp³-hybridized carbons (Fsp3) is 0.385. The minimum absolute atomic E-state index is 0.280. The summed E-state index contributed by atoms with van der Waals surface area (Å²) < 4.78 is 1.12. The van der Waals surface area contributed by atoms with Crippen LogP contribution in [-0.2, 0) is 0 Å². The summed E-state index contributed by atoms with van der Waals surface area (Å²) in [5, 5.41) is 0. The lowest BCUT2D eigenvalue weighted by atomic mass is 9.89. The van der Waals surface area contributed by atoms with E-state index < -0.39 is 0 Å². The van der Waals surface area contributed by atoms with Crippen molar-refractivity contribution in [3.05, 3.63) is 39.9 Å². The van der Waals surface area contributed by atoms with Crippen LogP contribution in [0.25, 0.3) is 6.08 Å². The van der Waals surface area contributed by atoms with Gasteiger partial charge in [0.2, 0.25) is 0 Å². The van der Waals surface area contributed by atoms with Crippen molar-refractivity contribution in [1.29, 1.82) is 0 Å². The van der Waals surface area contributed by atoms with Crippen LogP contribution in [0.5, 0.6) is 0 Å². The molecule has 80 valence electrons. The SMILES string of the molecule is NC1CCCC/C1=C/c1ccc(Br)cc1. The van der Waals surface area contributed by atoms with Crippen molar-refractivity contribution < 1.29 is 0 Å². The lowest BCUT2D eigenvalue weighted by Crippen LogP contribution is -2.25. The van der Waals surface area contributed by atoms with Crippen LogP contribution in [0.15, 0.2) is 34.3 Å². The van der Waals surface area contributed by atoms with Crippen molar-refractivity contribution in [2.24, 2.45) is 5.73 Å². The van der Waals surface area contributed by atoms with Crippen molar-refractivity contribution in [2.45, 2.75) is 31.7 Å². The largest absolute Gasteiger partial charge is 0.324 e. The molecule has 1 aliphatic rings. The van der Waals surface area contributed by atoms with Gasteiger partial charge < -0.3 is 5.73 Å². The van der Waals surface area contributed by atoms with Gasteiger partial charge in [0.15, 0.2) is 0 Å². The van der Waals surface area contributed by atoms with Gasteiger partial charge in [-0.2, -0.15) is 0 Å². The second-order valence-corrected chi connectivity index (χ2v) is 5.04. The predicted octanol–water partition coefficient (Wildman–Crippen LogP) is 3.73. The van der Waals surface area contributed by atoms with E-state index in [2.05, 4.69) is 46.3 Å². The standard InChI is InChI=1S/C13H16BrN/c14-12-7-5-10(6-8-12)9-11-3-1-2-4-13(11)15/h5-9,13H,1-4,15H2/b11-9-.